The molecule has 0 radical (unpaired) electrons. The number of fused-ring (bicyclic) bond motifs is 1. The minimum absolute atomic E-state index is 0.0562. The number of benzene rings is 1. The van der Waals surface area contributed by atoms with Crippen molar-refractivity contribution < 1.29 is 19.0 Å². The van der Waals surface area contributed by atoms with E-state index < -0.39 is 0 Å². The van der Waals surface area contributed by atoms with Crippen molar-refractivity contribution in [3.63, 3.8) is 0 Å². The fourth-order valence-corrected chi connectivity index (χ4v) is 3.60. The van der Waals surface area contributed by atoms with Gasteiger partial charge in [-0.1, -0.05) is 6.07 Å². The summed E-state index contributed by atoms with van der Waals surface area (Å²) in [4.78, 5) is 11.9. The second kappa shape index (κ2) is 8.45. The molecule has 126 valence electrons. The maximum absolute atomic E-state index is 11.9. The lowest BCUT2D eigenvalue weighted by Crippen LogP contribution is -2.26. The second-order valence-electron chi connectivity index (χ2n) is 5.76. The molecule has 1 atom stereocenters. The zero-order valence-electron chi connectivity index (χ0n) is 13.2. The van der Waals surface area contributed by atoms with Gasteiger partial charge in [0.2, 0.25) is 5.91 Å². The summed E-state index contributed by atoms with van der Waals surface area (Å²) in [5.74, 6) is 2.96. The van der Waals surface area contributed by atoms with Crippen molar-refractivity contribution in [2.45, 2.75) is 31.9 Å². The van der Waals surface area contributed by atoms with Crippen molar-refractivity contribution in [1.82, 2.24) is 5.32 Å². The minimum atomic E-state index is 0.0562. The predicted molar refractivity (Wildman–Crippen MR) is 90.2 cm³/mol. The van der Waals surface area contributed by atoms with Gasteiger partial charge in [0.25, 0.3) is 0 Å². The van der Waals surface area contributed by atoms with Gasteiger partial charge in [-0.3, -0.25) is 4.79 Å². The molecular formula is C17H23NO4S. The summed E-state index contributed by atoms with van der Waals surface area (Å²) in [6, 6.07) is 5.78. The topological polar surface area (TPSA) is 56.8 Å². The minimum Gasteiger partial charge on any atom is -0.486 e. The number of nitrogens with one attached hydrogen (secondary N) is 1. The lowest BCUT2D eigenvalue weighted by Gasteiger charge is -2.22. The average Bonchev–Trinajstić information content (AvgIpc) is 2.61. The lowest BCUT2D eigenvalue weighted by atomic mass is 10.1. The van der Waals surface area contributed by atoms with E-state index in [1.54, 1.807) is 11.8 Å². The van der Waals surface area contributed by atoms with Crippen molar-refractivity contribution in [2.24, 2.45) is 0 Å². The number of rotatable bonds is 6. The van der Waals surface area contributed by atoms with Crippen molar-refractivity contribution in [3.05, 3.63) is 23.8 Å². The average molecular weight is 337 g/mol. The molecular weight excluding hydrogens is 314 g/mol. The van der Waals surface area contributed by atoms with Crippen molar-refractivity contribution >= 4 is 17.7 Å². The Morgan fingerprint density at radius 3 is 2.87 bits per heavy atom. The zero-order chi connectivity index (χ0) is 15.9. The molecule has 1 fully saturated rings. The van der Waals surface area contributed by atoms with E-state index in [9.17, 15) is 4.79 Å². The Balaban J connectivity index is 1.37. The first-order valence-electron chi connectivity index (χ1n) is 8.16. The lowest BCUT2D eigenvalue weighted by molar-refractivity contribution is -0.118. The molecule has 0 spiro atoms. The number of ether oxygens (including phenoxy) is 3. The highest BCUT2D eigenvalue weighted by atomic mass is 32.2. The molecule has 1 N–H and O–H groups in total. The third kappa shape index (κ3) is 5.04. The first kappa shape index (κ1) is 16.5. The Morgan fingerprint density at radius 2 is 2.04 bits per heavy atom. The van der Waals surface area contributed by atoms with Crippen molar-refractivity contribution in [2.75, 3.05) is 31.3 Å². The van der Waals surface area contributed by atoms with Crippen LogP contribution in [0.2, 0.25) is 0 Å². The molecule has 0 unspecified atom stereocenters. The van der Waals surface area contributed by atoms with Crippen LogP contribution in [0.4, 0.5) is 0 Å². The third-order valence-electron chi connectivity index (χ3n) is 3.91. The summed E-state index contributed by atoms with van der Waals surface area (Å²) in [5.41, 5.74) is 1.02. The van der Waals surface area contributed by atoms with Crippen LogP contribution in [0, 0.1) is 0 Å². The van der Waals surface area contributed by atoms with E-state index in [0.29, 0.717) is 31.6 Å². The quantitative estimate of drug-likeness (QED) is 0.864. The molecule has 3 rings (SSSR count). The zero-order valence-corrected chi connectivity index (χ0v) is 14.0. The van der Waals surface area contributed by atoms with E-state index in [4.69, 9.17) is 14.2 Å². The number of carbonyl (C=O) groups excluding carboxylic acids is 1. The van der Waals surface area contributed by atoms with Crippen LogP contribution in [0.3, 0.4) is 0 Å². The summed E-state index contributed by atoms with van der Waals surface area (Å²) < 4.78 is 16.7. The van der Waals surface area contributed by atoms with Crippen LogP contribution in [-0.4, -0.2) is 43.3 Å². The monoisotopic (exact) mass is 337 g/mol. The molecule has 0 aliphatic carbocycles. The molecule has 5 nitrogen and oxygen atoms in total. The number of amides is 1. The SMILES string of the molecule is O=C(CSC[C@@H]1CCCCO1)NCc1ccc2c(c1)OCCO2. The third-order valence-corrected chi connectivity index (χ3v) is 4.98. The summed E-state index contributed by atoms with van der Waals surface area (Å²) in [5, 5.41) is 2.95. The molecule has 2 aliphatic rings. The molecule has 2 heterocycles. The predicted octanol–water partition coefficient (Wildman–Crippen LogP) is 2.38. The summed E-state index contributed by atoms with van der Waals surface area (Å²) >= 11 is 1.64. The van der Waals surface area contributed by atoms with Gasteiger partial charge in [-0.15, -0.1) is 11.8 Å². The van der Waals surface area contributed by atoms with E-state index in [1.807, 2.05) is 18.2 Å². The second-order valence-corrected chi connectivity index (χ2v) is 6.79. The number of carbonyl (C=O) groups is 1. The van der Waals surface area contributed by atoms with Gasteiger partial charge < -0.3 is 19.5 Å². The van der Waals surface area contributed by atoms with Gasteiger partial charge in [0.05, 0.1) is 11.9 Å². The smallest absolute Gasteiger partial charge is 0.230 e. The van der Waals surface area contributed by atoms with Gasteiger partial charge in [-0.25, -0.2) is 0 Å². The summed E-state index contributed by atoms with van der Waals surface area (Å²) in [6.45, 7) is 2.53. The van der Waals surface area contributed by atoms with E-state index >= 15 is 0 Å². The van der Waals surface area contributed by atoms with E-state index in [1.165, 1.54) is 6.42 Å². The molecule has 1 aromatic carbocycles. The van der Waals surface area contributed by atoms with Gasteiger partial charge in [-0.05, 0) is 37.0 Å². The highest BCUT2D eigenvalue weighted by molar-refractivity contribution is 7.99. The van der Waals surface area contributed by atoms with Crippen LogP contribution in [0.1, 0.15) is 24.8 Å². The van der Waals surface area contributed by atoms with Crippen LogP contribution >= 0.6 is 11.8 Å². The Morgan fingerprint density at radius 1 is 1.17 bits per heavy atom. The van der Waals surface area contributed by atoms with Gasteiger partial charge in [0, 0.05) is 18.9 Å². The van der Waals surface area contributed by atoms with Crippen molar-refractivity contribution in [1.29, 1.82) is 0 Å². The molecule has 2 aliphatic heterocycles. The number of hydrogen-bond donors (Lipinski definition) is 1. The van der Waals surface area contributed by atoms with Gasteiger partial charge >= 0.3 is 0 Å². The fraction of sp³-hybridized carbons (Fsp3) is 0.588. The molecule has 1 amide bonds. The molecule has 0 bridgehead atoms. The van der Waals surface area contributed by atoms with Gasteiger partial charge in [0.15, 0.2) is 11.5 Å². The van der Waals surface area contributed by atoms with E-state index in [-0.39, 0.29) is 5.91 Å². The van der Waals surface area contributed by atoms with E-state index in [2.05, 4.69) is 5.32 Å². The first-order valence-corrected chi connectivity index (χ1v) is 9.31. The standard InChI is InChI=1S/C17H23NO4S/c19-17(12-23-11-14-3-1-2-6-20-14)18-10-13-4-5-15-16(9-13)22-8-7-21-15/h4-5,9,14H,1-3,6-8,10-12H2,(H,18,19)/t14-/m0/s1. The molecule has 0 aromatic heterocycles. The Kier molecular flexibility index (Phi) is 6.05. The Bertz CT molecular complexity index is 531. The maximum Gasteiger partial charge on any atom is 0.230 e. The summed E-state index contributed by atoms with van der Waals surface area (Å²) in [7, 11) is 0. The van der Waals surface area contributed by atoms with Crippen LogP contribution < -0.4 is 14.8 Å². The van der Waals surface area contributed by atoms with Crippen LogP contribution in [0.5, 0.6) is 11.5 Å². The molecule has 0 saturated carbocycles. The van der Waals surface area contributed by atoms with Crippen LogP contribution in [-0.2, 0) is 16.1 Å². The molecule has 23 heavy (non-hydrogen) atoms. The maximum atomic E-state index is 11.9. The molecule has 1 aromatic rings. The highest BCUT2D eigenvalue weighted by Gasteiger charge is 2.15. The van der Waals surface area contributed by atoms with Crippen LogP contribution in [0.25, 0.3) is 0 Å². The Labute approximate surface area is 141 Å². The first-order chi connectivity index (χ1) is 11.3. The molecule has 1 saturated heterocycles. The number of thioether (sulfide) groups is 1. The van der Waals surface area contributed by atoms with Crippen molar-refractivity contribution in [3.8, 4) is 11.5 Å². The fourth-order valence-electron chi connectivity index (χ4n) is 2.67. The highest BCUT2D eigenvalue weighted by Crippen LogP contribution is 2.30. The number of hydrogen-bond acceptors (Lipinski definition) is 5. The normalized spacial score (nSPS) is 20.1. The molecule has 6 heteroatoms. The van der Waals surface area contributed by atoms with Crippen LogP contribution in [0.15, 0.2) is 18.2 Å². The van der Waals surface area contributed by atoms with Gasteiger partial charge in [0.1, 0.15) is 13.2 Å². The van der Waals surface area contributed by atoms with Gasteiger partial charge in [-0.2, -0.15) is 0 Å². The summed E-state index contributed by atoms with van der Waals surface area (Å²) in [6.07, 6.45) is 3.84. The largest absolute Gasteiger partial charge is 0.486 e. The van der Waals surface area contributed by atoms with E-state index in [0.717, 1.165) is 42.3 Å². The Hall–Kier alpha value is -1.40.